The Hall–Kier alpha value is -0.960. The average molecular weight is 205 g/mol. The quantitative estimate of drug-likeness (QED) is 0.823. The second kappa shape index (κ2) is 4.27. The molecule has 1 aliphatic rings. The van der Waals surface area contributed by atoms with Crippen LogP contribution in [-0.4, -0.2) is 17.0 Å². The van der Waals surface area contributed by atoms with Gasteiger partial charge in [-0.05, 0) is 33.7 Å². The Bertz CT molecular complexity index is 345. The zero-order chi connectivity index (χ0) is 10.8. The molecule has 0 aromatic carbocycles. The number of aromatic nitrogens is 2. The summed E-state index contributed by atoms with van der Waals surface area (Å²) >= 11 is 0. The van der Waals surface area contributed by atoms with Crippen LogP contribution in [0.15, 0.2) is 6.20 Å². The van der Waals surface area contributed by atoms with Gasteiger partial charge in [0.25, 0.3) is 0 Å². The molecule has 3 heteroatoms. The molecule has 3 nitrogen and oxygen atoms in total. The Balaban J connectivity index is 2.22. The molecule has 82 valence electrons. The molecule has 1 atom stereocenters. The fraction of sp³-hybridized carbons (Fsp3) is 0.667. The van der Waals surface area contributed by atoms with E-state index in [0.29, 0.717) is 12.0 Å². The van der Waals surface area contributed by atoms with Crippen molar-refractivity contribution in [2.24, 2.45) is 0 Å². The maximum Gasteiger partial charge on any atom is 0.131 e. The third-order valence-corrected chi connectivity index (χ3v) is 3.41. The molecule has 1 aliphatic carbocycles. The Morgan fingerprint density at radius 1 is 1.47 bits per heavy atom. The maximum atomic E-state index is 4.61. The zero-order valence-electron chi connectivity index (χ0n) is 9.75. The number of nitrogens with one attached hydrogen (secondary N) is 1. The fourth-order valence-corrected chi connectivity index (χ4v) is 1.94. The maximum absolute atomic E-state index is 4.61. The molecule has 0 radical (unpaired) electrons. The van der Waals surface area contributed by atoms with Gasteiger partial charge in [-0.1, -0.05) is 6.42 Å². The summed E-state index contributed by atoms with van der Waals surface area (Å²) in [5.41, 5.74) is 2.33. The van der Waals surface area contributed by atoms with E-state index in [0.717, 1.165) is 11.5 Å². The van der Waals surface area contributed by atoms with Crippen molar-refractivity contribution in [1.82, 2.24) is 15.3 Å². The highest BCUT2D eigenvalue weighted by Crippen LogP contribution is 2.34. The lowest BCUT2D eigenvalue weighted by atomic mass is 9.85. The summed E-state index contributed by atoms with van der Waals surface area (Å²) in [6, 6.07) is 0.334. The molecule has 0 spiro atoms. The Morgan fingerprint density at radius 2 is 2.20 bits per heavy atom. The van der Waals surface area contributed by atoms with Crippen molar-refractivity contribution in [3.05, 3.63) is 23.3 Å². The summed E-state index contributed by atoms with van der Waals surface area (Å²) in [4.78, 5) is 9.09. The van der Waals surface area contributed by atoms with E-state index >= 15 is 0 Å². The van der Waals surface area contributed by atoms with Crippen LogP contribution in [0.3, 0.4) is 0 Å². The smallest absolute Gasteiger partial charge is 0.131 e. The van der Waals surface area contributed by atoms with Gasteiger partial charge in [0, 0.05) is 29.4 Å². The summed E-state index contributed by atoms with van der Waals surface area (Å²) in [5, 5.41) is 3.22. The Labute approximate surface area is 91.3 Å². The van der Waals surface area contributed by atoms with E-state index in [1.54, 1.807) is 0 Å². The molecule has 1 N–H and O–H groups in total. The normalized spacial score (nSPS) is 18.6. The molecule has 2 rings (SSSR count). The Morgan fingerprint density at radius 3 is 2.67 bits per heavy atom. The monoisotopic (exact) mass is 205 g/mol. The van der Waals surface area contributed by atoms with Crippen molar-refractivity contribution >= 4 is 0 Å². The average Bonchev–Trinajstić information content (AvgIpc) is 2.14. The van der Waals surface area contributed by atoms with Gasteiger partial charge < -0.3 is 5.32 Å². The van der Waals surface area contributed by atoms with Gasteiger partial charge in [-0.3, -0.25) is 0 Å². The summed E-state index contributed by atoms with van der Waals surface area (Å²) in [6.07, 6.45) is 5.85. The van der Waals surface area contributed by atoms with Gasteiger partial charge in [-0.2, -0.15) is 0 Å². The van der Waals surface area contributed by atoms with Gasteiger partial charge >= 0.3 is 0 Å². The molecule has 1 fully saturated rings. The van der Waals surface area contributed by atoms with E-state index in [4.69, 9.17) is 0 Å². The van der Waals surface area contributed by atoms with E-state index in [2.05, 4.69) is 29.1 Å². The molecule has 1 aromatic heterocycles. The van der Waals surface area contributed by atoms with Crippen LogP contribution in [0.1, 0.15) is 55.2 Å². The van der Waals surface area contributed by atoms with Crippen LogP contribution in [0.2, 0.25) is 0 Å². The first-order valence-electron chi connectivity index (χ1n) is 5.73. The number of nitrogens with zero attached hydrogens (tertiary/aromatic N) is 2. The highest BCUT2D eigenvalue weighted by Gasteiger charge is 2.22. The van der Waals surface area contributed by atoms with Crippen molar-refractivity contribution in [1.29, 1.82) is 0 Å². The second-order valence-corrected chi connectivity index (χ2v) is 4.41. The predicted octanol–water partition coefficient (Wildman–Crippen LogP) is 2.33. The van der Waals surface area contributed by atoms with E-state index in [-0.39, 0.29) is 0 Å². The molecule has 1 aromatic rings. The molecular formula is C12H19N3. The first-order chi connectivity index (χ1) is 7.22. The number of hydrogen-bond acceptors (Lipinski definition) is 3. The minimum Gasteiger partial charge on any atom is -0.313 e. The summed E-state index contributed by atoms with van der Waals surface area (Å²) in [7, 11) is 1.96. The molecule has 0 bridgehead atoms. The topological polar surface area (TPSA) is 37.8 Å². The lowest BCUT2D eigenvalue weighted by Crippen LogP contribution is -2.18. The van der Waals surface area contributed by atoms with Crippen molar-refractivity contribution in [2.75, 3.05) is 7.05 Å². The standard InChI is InChI=1S/C12H19N3/c1-8(13-3)11-7-14-12(15-9(11)2)10-5-4-6-10/h7-8,10,13H,4-6H2,1-3H3. The van der Waals surface area contributed by atoms with E-state index in [1.807, 2.05) is 13.2 Å². The molecular weight excluding hydrogens is 186 g/mol. The van der Waals surface area contributed by atoms with Crippen LogP contribution in [0.5, 0.6) is 0 Å². The van der Waals surface area contributed by atoms with Crippen molar-refractivity contribution in [2.45, 2.75) is 45.1 Å². The third kappa shape index (κ3) is 2.02. The van der Waals surface area contributed by atoms with Gasteiger partial charge in [0.15, 0.2) is 0 Å². The summed E-state index contributed by atoms with van der Waals surface area (Å²) < 4.78 is 0. The van der Waals surface area contributed by atoms with E-state index in [9.17, 15) is 0 Å². The molecule has 0 amide bonds. The van der Waals surface area contributed by atoms with Crippen LogP contribution in [0, 0.1) is 6.92 Å². The fourth-order valence-electron chi connectivity index (χ4n) is 1.94. The minimum atomic E-state index is 0.334. The highest BCUT2D eigenvalue weighted by atomic mass is 14.9. The van der Waals surface area contributed by atoms with Gasteiger partial charge in [0.1, 0.15) is 5.82 Å². The molecule has 1 saturated carbocycles. The molecule has 1 unspecified atom stereocenters. The van der Waals surface area contributed by atoms with Crippen molar-refractivity contribution in [3.8, 4) is 0 Å². The van der Waals surface area contributed by atoms with Crippen LogP contribution in [-0.2, 0) is 0 Å². The minimum absolute atomic E-state index is 0.334. The molecule has 0 saturated heterocycles. The molecule has 0 aliphatic heterocycles. The highest BCUT2D eigenvalue weighted by molar-refractivity contribution is 5.21. The van der Waals surface area contributed by atoms with Crippen LogP contribution >= 0.6 is 0 Å². The lowest BCUT2D eigenvalue weighted by Gasteiger charge is -2.24. The summed E-state index contributed by atoms with van der Waals surface area (Å²) in [6.45, 7) is 4.21. The Kier molecular flexibility index (Phi) is 3.00. The predicted molar refractivity (Wildman–Crippen MR) is 60.8 cm³/mol. The molecule has 1 heterocycles. The van der Waals surface area contributed by atoms with Gasteiger partial charge in [-0.25, -0.2) is 9.97 Å². The largest absolute Gasteiger partial charge is 0.313 e. The van der Waals surface area contributed by atoms with Crippen molar-refractivity contribution in [3.63, 3.8) is 0 Å². The third-order valence-electron chi connectivity index (χ3n) is 3.41. The first-order valence-corrected chi connectivity index (χ1v) is 5.73. The number of hydrogen-bond donors (Lipinski definition) is 1. The lowest BCUT2D eigenvalue weighted by molar-refractivity contribution is 0.400. The van der Waals surface area contributed by atoms with E-state index in [1.165, 1.54) is 24.8 Å². The van der Waals surface area contributed by atoms with Gasteiger partial charge in [-0.15, -0.1) is 0 Å². The van der Waals surface area contributed by atoms with Crippen LogP contribution in [0.4, 0.5) is 0 Å². The summed E-state index contributed by atoms with van der Waals surface area (Å²) in [5.74, 6) is 1.67. The SMILES string of the molecule is CNC(C)c1cnc(C2CCC2)nc1C. The molecule has 15 heavy (non-hydrogen) atoms. The first kappa shape index (κ1) is 10.6. The number of aryl methyl sites for hydroxylation is 1. The van der Waals surface area contributed by atoms with E-state index < -0.39 is 0 Å². The van der Waals surface area contributed by atoms with Gasteiger partial charge in [0.2, 0.25) is 0 Å². The van der Waals surface area contributed by atoms with Crippen molar-refractivity contribution < 1.29 is 0 Å². The van der Waals surface area contributed by atoms with Crippen LogP contribution < -0.4 is 5.32 Å². The van der Waals surface area contributed by atoms with Gasteiger partial charge in [0.05, 0.1) is 0 Å². The van der Waals surface area contributed by atoms with Crippen LogP contribution in [0.25, 0.3) is 0 Å². The zero-order valence-corrected chi connectivity index (χ0v) is 9.75. The number of rotatable bonds is 3. The second-order valence-electron chi connectivity index (χ2n) is 4.41.